The van der Waals surface area contributed by atoms with Crippen LogP contribution in [0.5, 0.6) is 11.5 Å². The molecule has 0 saturated carbocycles. The Morgan fingerprint density at radius 3 is 2.60 bits per heavy atom. The largest absolute Gasteiger partial charge is 0.504 e. The van der Waals surface area contributed by atoms with Crippen LogP contribution >= 0.6 is 12.2 Å². The molecule has 0 amide bonds. The summed E-state index contributed by atoms with van der Waals surface area (Å²) in [6.07, 6.45) is 2.57. The highest BCUT2D eigenvalue weighted by atomic mass is 32.1. The number of aromatic hydroxyl groups is 1. The molecule has 0 fully saturated rings. The summed E-state index contributed by atoms with van der Waals surface area (Å²) in [4.78, 5) is 0. The van der Waals surface area contributed by atoms with Crippen LogP contribution in [0.4, 0.5) is 0 Å². The third-order valence-electron chi connectivity index (χ3n) is 3.92. The van der Waals surface area contributed by atoms with Crippen molar-refractivity contribution in [1.82, 2.24) is 5.32 Å². The van der Waals surface area contributed by atoms with Gasteiger partial charge in [0.05, 0.1) is 13.2 Å². The van der Waals surface area contributed by atoms with E-state index in [1.54, 1.807) is 13.2 Å². The number of aryl methyl sites for hydroxylation is 1. The van der Waals surface area contributed by atoms with Crippen LogP contribution in [0.15, 0.2) is 48.5 Å². The minimum atomic E-state index is 0.0107. The van der Waals surface area contributed by atoms with Gasteiger partial charge in [0.15, 0.2) is 11.5 Å². The second-order valence-corrected chi connectivity index (χ2v) is 6.29. The molecule has 2 aromatic rings. The summed E-state index contributed by atoms with van der Waals surface area (Å²) in [5, 5.41) is 13.2. The van der Waals surface area contributed by atoms with Gasteiger partial charge in [0, 0.05) is 6.54 Å². The number of thiocarbonyl (C=S) groups is 1. The lowest BCUT2D eigenvalue weighted by molar-refractivity contribution is 0.194. The van der Waals surface area contributed by atoms with Crippen LogP contribution in [0.2, 0.25) is 0 Å². The molecule has 0 saturated heterocycles. The fourth-order valence-electron chi connectivity index (χ4n) is 2.48. The molecule has 2 N–H and O–H groups in total. The molecule has 1 unspecified atom stereocenters. The molecule has 0 aliphatic rings. The average Bonchev–Trinajstić information content (AvgIpc) is 2.62. The molecule has 0 heterocycles. The second kappa shape index (κ2) is 9.89. The van der Waals surface area contributed by atoms with E-state index >= 15 is 0 Å². The molecule has 0 aliphatic heterocycles. The summed E-state index contributed by atoms with van der Waals surface area (Å²) in [6.45, 7) is 2.76. The summed E-state index contributed by atoms with van der Waals surface area (Å²) in [6, 6.07) is 15.7. The van der Waals surface area contributed by atoms with E-state index in [0.29, 0.717) is 10.9 Å². The van der Waals surface area contributed by atoms with E-state index < -0.39 is 0 Å². The zero-order valence-electron chi connectivity index (χ0n) is 14.7. The molecule has 1 atom stereocenters. The molecule has 0 radical (unpaired) electrons. The Morgan fingerprint density at radius 2 is 1.88 bits per heavy atom. The summed E-state index contributed by atoms with van der Waals surface area (Å²) in [7, 11) is 1.55. The van der Waals surface area contributed by atoms with Crippen LogP contribution in [0.1, 0.15) is 24.5 Å². The van der Waals surface area contributed by atoms with E-state index in [4.69, 9.17) is 21.7 Å². The molecule has 0 bridgehead atoms. The Balaban J connectivity index is 1.69. The molecule has 0 spiro atoms. The predicted molar refractivity (Wildman–Crippen MR) is 104 cm³/mol. The lowest BCUT2D eigenvalue weighted by Crippen LogP contribution is -2.29. The Kier molecular flexibility index (Phi) is 7.54. The van der Waals surface area contributed by atoms with Crippen molar-refractivity contribution in [2.24, 2.45) is 0 Å². The molecule has 134 valence electrons. The lowest BCUT2D eigenvalue weighted by atomic mass is 10.1. The van der Waals surface area contributed by atoms with E-state index in [2.05, 4.69) is 17.4 Å². The number of hydrogen-bond acceptors (Lipinski definition) is 4. The maximum atomic E-state index is 9.62. The fourth-order valence-corrected chi connectivity index (χ4v) is 2.75. The SMILES string of the molecule is COc1cc(CCC(C)OC(=S)NCCc2ccccc2)ccc1O. The highest BCUT2D eigenvalue weighted by Gasteiger charge is 2.08. The van der Waals surface area contributed by atoms with Crippen molar-refractivity contribution in [3.63, 3.8) is 0 Å². The first-order chi connectivity index (χ1) is 12.1. The van der Waals surface area contributed by atoms with Crippen LogP contribution in [0.25, 0.3) is 0 Å². The van der Waals surface area contributed by atoms with Gasteiger partial charge in [0.25, 0.3) is 5.17 Å². The third-order valence-corrected chi connectivity index (χ3v) is 4.16. The van der Waals surface area contributed by atoms with Crippen LogP contribution < -0.4 is 10.1 Å². The fraction of sp³-hybridized carbons (Fsp3) is 0.350. The van der Waals surface area contributed by atoms with Crippen LogP contribution in [-0.2, 0) is 17.6 Å². The minimum absolute atomic E-state index is 0.0107. The van der Waals surface area contributed by atoms with Crippen LogP contribution in [-0.4, -0.2) is 30.0 Å². The summed E-state index contributed by atoms with van der Waals surface area (Å²) >= 11 is 5.25. The summed E-state index contributed by atoms with van der Waals surface area (Å²) in [5.74, 6) is 0.642. The Morgan fingerprint density at radius 1 is 1.12 bits per heavy atom. The van der Waals surface area contributed by atoms with Gasteiger partial charge in [-0.25, -0.2) is 0 Å². The zero-order chi connectivity index (χ0) is 18.1. The van der Waals surface area contributed by atoms with Gasteiger partial charge in [0.1, 0.15) is 0 Å². The van der Waals surface area contributed by atoms with Gasteiger partial charge >= 0.3 is 0 Å². The summed E-state index contributed by atoms with van der Waals surface area (Å²) < 4.78 is 10.9. The van der Waals surface area contributed by atoms with E-state index in [-0.39, 0.29) is 11.9 Å². The number of benzene rings is 2. The van der Waals surface area contributed by atoms with Crippen LogP contribution in [0.3, 0.4) is 0 Å². The lowest BCUT2D eigenvalue weighted by Gasteiger charge is -2.16. The maximum Gasteiger partial charge on any atom is 0.256 e. The molecule has 2 aromatic carbocycles. The number of rotatable bonds is 8. The molecule has 25 heavy (non-hydrogen) atoms. The minimum Gasteiger partial charge on any atom is -0.504 e. The van der Waals surface area contributed by atoms with Crippen molar-refractivity contribution < 1.29 is 14.6 Å². The molecule has 2 rings (SSSR count). The number of ether oxygens (including phenoxy) is 2. The van der Waals surface area contributed by atoms with Gasteiger partial charge in [-0.1, -0.05) is 36.4 Å². The Bertz CT molecular complexity index is 676. The Labute approximate surface area is 154 Å². The zero-order valence-corrected chi connectivity index (χ0v) is 15.5. The van der Waals surface area contributed by atoms with Gasteiger partial charge in [0.2, 0.25) is 0 Å². The van der Waals surface area contributed by atoms with Crippen molar-refractivity contribution in [1.29, 1.82) is 0 Å². The average molecular weight is 359 g/mol. The van der Waals surface area contributed by atoms with Crippen molar-refractivity contribution in [2.75, 3.05) is 13.7 Å². The third kappa shape index (κ3) is 6.63. The van der Waals surface area contributed by atoms with Gasteiger partial charge in [-0.05, 0) is 61.7 Å². The molecule has 5 heteroatoms. The number of phenolic OH excluding ortho intramolecular Hbond substituents is 1. The second-order valence-electron chi connectivity index (χ2n) is 5.92. The van der Waals surface area contributed by atoms with Gasteiger partial charge < -0.3 is 19.9 Å². The first-order valence-electron chi connectivity index (χ1n) is 8.42. The quantitative estimate of drug-likeness (QED) is 0.701. The molecular weight excluding hydrogens is 334 g/mol. The first kappa shape index (κ1) is 19.1. The number of nitrogens with one attached hydrogen (secondary N) is 1. The number of methoxy groups -OCH3 is 1. The highest BCUT2D eigenvalue weighted by Crippen LogP contribution is 2.26. The molecule has 0 aliphatic carbocycles. The number of hydrogen-bond donors (Lipinski definition) is 2. The molecule has 4 nitrogen and oxygen atoms in total. The number of phenols is 1. The molecule has 0 aromatic heterocycles. The van der Waals surface area contributed by atoms with Crippen molar-refractivity contribution in [3.05, 3.63) is 59.7 Å². The molecular formula is C20H25NO3S. The topological polar surface area (TPSA) is 50.7 Å². The predicted octanol–water partition coefficient (Wildman–Crippen LogP) is 3.86. The van der Waals surface area contributed by atoms with E-state index in [0.717, 1.165) is 31.4 Å². The van der Waals surface area contributed by atoms with Gasteiger partial charge in [-0.2, -0.15) is 0 Å². The normalized spacial score (nSPS) is 11.6. The van der Waals surface area contributed by atoms with Gasteiger partial charge in [-0.3, -0.25) is 0 Å². The van der Waals surface area contributed by atoms with E-state index in [1.165, 1.54) is 5.56 Å². The van der Waals surface area contributed by atoms with Crippen molar-refractivity contribution in [2.45, 2.75) is 32.3 Å². The van der Waals surface area contributed by atoms with Gasteiger partial charge in [-0.15, -0.1) is 0 Å². The maximum absolute atomic E-state index is 9.62. The van der Waals surface area contributed by atoms with Crippen molar-refractivity contribution >= 4 is 17.4 Å². The smallest absolute Gasteiger partial charge is 0.256 e. The van der Waals surface area contributed by atoms with E-state index in [9.17, 15) is 5.11 Å². The highest BCUT2D eigenvalue weighted by molar-refractivity contribution is 7.80. The first-order valence-corrected chi connectivity index (χ1v) is 8.83. The van der Waals surface area contributed by atoms with E-state index in [1.807, 2.05) is 37.3 Å². The monoisotopic (exact) mass is 359 g/mol. The standard InChI is InChI=1S/C20H25NO3S/c1-15(8-9-17-10-11-18(22)19(14-17)23-2)24-20(25)21-13-12-16-6-4-3-5-7-16/h3-7,10-11,14-15,22H,8-9,12-13H2,1-2H3,(H,21,25). The Hall–Kier alpha value is -2.27. The summed E-state index contributed by atoms with van der Waals surface area (Å²) in [5.41, 5.74) is 2.36. The van der Waals surface area contributed by atoms with Crippen LogP contribution in [0, 0.1) is 0 Å². The van der Waals surface area contributed by atoms with Crippen molar-refractivity contribution in [3.8, 4) is 11.5 Å².